The van der Waals surface area contributed by atoms with Crippen molar-refractivity contribution in [2.24, 2.45) is 0 Å². The summed E-state index contributed by atoms with van der Waals surface area (Å²) in [5.74, 6) is 0. The number of rotatable bonds is 15. The molecule has 0 aliphatic heterocycles. The van der Waals surface area contributed by atoms with Gasteiger partial charge in [-0.3, -0.25) is 18.8 Å². The molecule has 11 heteroatoms. The molecule has 0 aromatic rings. The van der Waals surface area contributed by atoms with Crippen LogP contribution in [-0.2, 0) is 36.9 Å². The lowest BCUT2D eigenvalue weighted by Crippen LogP contribution is -2.26. The van der Waals surface area contributed by atoms with Gasteiger partial charge in [0.15, 0.2) is 0 Å². The van der Waals surface area contributed by atoms with Gasteiger partial charge < -0.3 is 18.1 Å². The summed E-state index contributed by atoms with van der Waals surface area (Å²) in [7, 11) is -0.589. The summed E-state index contributed by atoms with van der Waals surface area (Å²) in [5.41, 5.74) is 0. The van der Waals surface area contributed by atoms with Gasteiger partial charge >= 0.3 is 15.2 Å². The molecular formula is C12H29NO8P2. The van der Waals surface area contributed by atoms with Crippen LogP contribution < -0.4 is 0 Å². The molecule has 9 nitrogen and oxygen atoms in total. The molecule has 0 spiro atoms. The van der Waals surface area contributed by atoms with E-state index in [0.717, 1.165) is 0 Å². The standard InChI is InChI=1S/C12H29NO8P2/c1-6-13(20-9-7-11-22(14,16-2)17-3)21-10-8-12-23(15,18-4)19-5/h6-12H2,1-5H3. The van der Waals surface area contributed by atoms with Crippen LogP contribution in [-0.4, -0.2) is 65.7 Å². The Morgan fingerprint density at radius 3 is 1.35 bits per heavy atom. The molecule has 0 aromatic heterocycles. The van der Waals surface area contributed by atoms with E-state index in [0.29, 0.717) is 32.6 Å². The van der Waals surface area contributed by atoms with Gasteiger partial charge in [0.05, 0.1) is 25.5 Å². The predicted molar refractivity (Wildman–Crippen MR) is 86.5 cm³/mol. The molecule has 0 aromatic carbocycles. The third-order valence-corrected chi connectivity index (χ3v) is 6.95. The maximum atomic E-state index is 11.8. The minimum Gasteiger partial charge on any atom is -0.312 e. The monoisotopic (exact) mass is 377 g/mol. The van der Waals surface area contributed by atoms with Gasteiger partial charge in [0.2, 0.25) is 0 Å². The molecule has 0 rings (SSSR count). The average Bonchev–Trinajstić information content (AvgIpc) is 2.59. The zero-order valence-electron chi connectivity index (χ0n) is 14.6. The Hall–Kier alpha value is 0.180. The number of hydrogen-bond donors (Lipinski definition) is 0. The van der Waals surface area contributed by atoms with Gasteiger partial charge in [-0.2, -0.15) is 0 Å². The first-order valence-corrected chi connectivity index (χ1v) is 10.8. The van der Waals surface area contributed by atoms with E-state index < -0.39 is 15.2 Å². The zero-order chi connectivity index (χ0) is 17.8. The number of hydroxylamine groups is 2. The first-order chi connectivity index (χ1) is 10.9. The zero-order valence-corrected chi connectivity index (χ0v) is 16.3. The Morgan fingerprint density at radius 1 is 0.739 bits per heavy atom. The Kier molecular flexibility index (Phi) is 12.6. The minimum atomic E-state index is -3.00. The molecule has 0 saturated heterocycles. The van der Waals surface area contributed by atoms with Crippen molar-refractivity contribution in [1.82, 2.24) is 5.23 Å². The first-order valence-electron chi connectivity index (χ1n) is 7.33. The molecule has 0 radical (unpaired) electrons. The van der Waals surface area contributed by atoms with E-state index in [9.17, 15) is 9.13 Å². The number of hydrogen-bond acceptors (Lipinski definition) is 9. The summed E-state index contributed by atoms with van der Waals surface area (Å²) in [4.78, 5) is 10.8. The Morgan fingerprint density at radius 2 is 1.09 bits per heavy atom. The molecule has 0 aliphatic carbocycles. The summed E-state index contributed by atoms with van der Waals surface area (Å²) in [6.07, 6.45) is 1.54. The highest BCUT2D eigenvalue weighted by Crippen LogP contribution is 2.47. The van der Waals surface area contributed by atoms with E-state index in [-0.39, 0.29) is 12.3 Å². The number of nitrogens with zero attached hydrogens (tertiary/aromatic N) is 1. The van der Waals surface area contributed by atoms with Gasteiger partial charge in [0.25, 0.3) is 0 Å². The van der Waals surface area contributed by atoms with Crippen LogP contribution in [0.3, 0.4) is 0 Å². The van der Waals surface area contributed by atoms with Crippen molar-refractivity contribution < 1.29 is 36.9 Å². The molecule has 0 unspecified atom stereocenters. The molecule has 0 aliphatic rings. The first kappa shape index (κ1) is 23.2. The fourth-order valence-electron chi connectivity index (χ4n) is 1.58. The van der Waals surface area contributed by atoms with Crippen molar-refractivity contribution in [3.63, 3.8) is 0 Å². The molecular weight excluding hydrogens is 348 g/mol. The van der Waals surface area contributed by atoms with Gasteiger partial charge in [0, 0.05) is 35.0 Å². The second-order valence-corrected chi connectivity index (χ2v) is 9.22. The smallest absolute Gasteiger partial charge is 0.312 e. The molecule has 0 bridgehead atoms. The van der Waals surface area contributed by atoms with E-state index >= 15 is 0 Å². The fourth-order valence-corrected chi connectivity index (χ4v) is 3.64. The lowest BCUT2D eigenvalue weighted by Gasteiger charge is -2.20. The minimum absolute atomic E-state index is 0.266. The van der Waals surface area contributed by atoms with E-state index in [2.05, 4.69) is 0 Å². The molecule has 0 N–H and O–H groups in total. The van der Waals surface area contributed by atoms with Crippen LogP contribution in [0.5, 0.6) is 0 Å². The maximum Gasteiger partial charge on any atom is 0.330 e. The van der Waals surface area contributed by atoms with Crippen LogP contribution in [0.2, 0.25) is 0 Å². The predicted octanol–water partition coefficient (Wildman–Crippen LogP) is 2.92. The molecule has 0 saturated carbocycles. The summed E-state index contributed by atoms with van der Waals surface area (Å²) < 4.78 is 43.0. The third kappa shape index (κ3) is 9.92. The normalized spacial score (nSPS) is 13.0. The highest BCUT2D eigenvalue weighted by Gasteiger charge is 2.21. The van der Waals surface area contributed by atoms with Crippen molar-refractivity contribution in [2.75, 3.05) is 60.5 Å². The molecule has 23 heavy (non-hydrogen) atoms. The Balaban J connectivity index is 3.91. The topological polar surface area (TPSA) is 92.8 Å². The lowest BCUT2D eigenvalue weighted by molar-refractivity contribution is -0.365. The molecule has 0 heterocycles. The van der Waals surface area contributed by atoms with Gasteiger partial charge in [-0.05, 0) is 19.8 Å². The SMILES string of the molecule is CCN(OCCCP(=O)(OC)OC)OCCCP(=O)(OC)OC. The van der Waals surface area contributed by atoms with Gasteiger partial charge in [0.1, 0.15) is 0 Å². The second-order valence-electron chi connectivity index (χ2n) is 4.42. The largest absolute Gasteiger partial charge is 0.330 e. The third-order valence-electron chi connectivity index (χ3n) is 2.99. The summed E-state index contributed by atoms with van der Waals surface area (Å²) in [5, 5.41) is 1.33. The van der Waals surface area contributed by atoms with Gasteiger partial charge in [-0.1, -0.05) is 5.23 Å². The molecule has 140 valence electrons. The molecule has 0 atom stereocenters. The average molecular weight is 377 g/mol. The molecule has 0 amide bonds. The van der Waals surface area contributed by atoms with Crippen molar-refractivity contribution in [3.8, 4) is 0 Å². The van der Waals surface area contributed by atoms with Gasteiger partial charge in [-0.15, -0.1) is 0 Å². The van der Waals surface area contributed by atoms with Gasteiger partial charge in [-0.25, -0.2) is 0 Å². The highest BCUT2D eigenvalue weighted by molar-refractivity contribution is 7.54. The summed E-state index contributed by atoms with van der Waals surface area (Å²) >= 11 is 0. The lowest BCUT2D eigenvalue weighted by atomic mass is 10.5. The Bertz CT molecular complexity index is 345. The van der Waals surface area contributed by atoms with E-state index in [1.54, 1.807) is 0 Å². The van der Waals surface area contributed by atoms with E-state index in [1.807, 2.05) is 6.92 Å². The highest BCUT2D eigenvalue weighted by atomic mass is 31.2. The van der Waals surface area contributed by atoms with Crippen LogP contribution in [0, 0.1) is 0 Å². The summed E-state index contributed by atoms with van der Waals surface area (Å²) in [6.45, 7) is 3.02. The van der Waals surface area contributed by atoms with E-state index in [1.165, 1.54) is 33.7 Å². The Labute approximate surface area is 138 Å². The fraction of sp³-hybridized carbons (Fsp3) is 1.00. The van der Waals surface area contributed by atoms with Crippen LogP contribution in [0.25, 0.3) is 0 Å². The van der Waals surface area contributed by atoms with Crippen LogP contribution in [0.4, 0.5) is 0 Å². The quantitative estimate of drug-likeness (QED) is 0.243. The van der Waals surface area contributed by atoms with Crippen LogP contribution in [0.1, 0.15) is 19.8 Å². The van der Waals surface area contributed by atoms with Crippen molar-refractivity contribution in [1.29, 1.82) is 0 Å². The second kappa shape index (κ2) is 12.5. The summed E-state index contributed by atoms with van der Waals surface area (Å²) in [6, 6.07) is 0. The van der Waals surface area contributed by atoms with Crippen LogP contribution >= 0.6 is 15.2 Å². The maximum absolute atomic E-state index is 11.8. The van der Waals surface area contributed by atoms with Crippen molar-refractivity contribution >= 4 is 15.2 Å². The van der Waals surface area contributed by atoms with Crippen molar-refractivity contribution in [3.05, 3.63) is 0 Å². The van der Waals surface area contributed by atoms with Crippen LogP contribution in [0.15, 0.2) is 0 Å². The molecule has 0 fully saturated rings. The van der Waals surface area contributed by atoms with Crippen molar-refractivity contribution in [2.45, 2.75) is 19.8 Å². The van der Waals surface area contributed by atoms with E-state index in [4.69, 9.17) is 27.8 Å².